The Morgan fingerprint density at radius 1 is 1.42 bits per heavy atom. The molecule has 7 heteroatoms. The number of carbonyl (C=O) groups excluding carboxylic acids is 2. The minimum atomic E-state index is -4.02. The van der Waals surface area contributed by atoms with Crippen LogP contribution in [0.1, 0.15) is 32.1 Å². The summed E-state index contributed by atoms with van der Waals surface area (Å²) in [6.07, 6.45) is -1.09. The number of halogens is 2. The Balaban J connectivity index is 3.02. The minimum absolute atomic E-state index is 0.101. The summed E-state index contributed by atoms with van der Waals surface area (Å²) in [5.41, 5.74) is 0. The second kappa shape index (κ2) is 6.31. The zero-order valence-corrected chi connectivity index (χ0v) is 10.5. The smallest absolute Gasteiger partial charge is 0.385 e. The fourth-order valence-electron chi connectivity index (χ4n) is 1.30. The summed E-state index contributed by atoms with van der Waals surface area (Å²) in [5.74, 6) is -6.97. The summed E-state index contributed by atoms with van der Waals surface area (Å²) < 4.78 is 41.5. The van der Waals surface area contributed by atoms with E-state index < -0.39 is 24.0 Å². The van der Waals surface area contributed by atoms with Gasteiger partial charge in [0.05, 0.1) is 12.9 Å². The first kappa shape index (κ1) is 15.1. The average molecular weight is 276 g/mol. The quantitative estimate of drug-likeness (QED) is 0.747. The van der Waals surface area contributed by atoms with Gasteiger partial charge in [-0.2, -0.15) is 8.78 Å². The van der Waals surface area contributed by atoms with E-state index in [9.17, 15) is 18.4 Å². The van der Waals surface area contributed by atoms with Crippen molar-refractivity contribution in [2.24, 2.45) is 0 Å². The summed E-state index contributed by atoms with van der Waals surface area (Å²) in [5, 5.41) is 0. The molecule has 0 saturated heterocycles. The van der Waals surface area contributed by atoms with Crippen molar-refractivity contribution in [3.8, 4) is 0 Å². The van der Waals surface area contributed by atoms with Crippen molar-refractivity contribution >= 4 is 11.9 Å². The largest absolute Gasteiger partial charge is 0.465 e. The fourth-order valence-corrected chi connectivity index (χ4v) is 1.30. The van der Waals surface area contributed by atoms with Crippen LogP contribution in [0, 0.1) is 0 Å². The maximum Gasteiger partial charge on any atom is 0.385 e. The highest BCUT2D eigenvalue weighted by atomic mass is 19.3. The van der Waals surface area contributed by atoms with Gasteiger partial charge in [0.2, 0.25) is 6.10 Å². The topological polar surface area (TPSA) is 65.7 Å². The van der Waals surface area contributed by atoms with E-state index >= 15 is 0 Å². The van der Waals surface area contributed by atoms with Gasteiger partial charge >= 0.3 is 17.9 Å². The molecule has 1 atom stereocenters. The van der Waals surface area contributed by atoms with Crippen LogP contribution in [-0.2, 0) is 19.1 Å². The molecule has 0 aromatic carbocycles. The molecular weight excluding hydrogens is 262 g/mol. The molecule has 0 amide bonds. The van der Waals surface area contributed by atoms with Gasteiger partial charge in [0.25, 0.3) is 0 Å². The number of rotatable bonds is 6. The number of ether oxygens (including phenoxy) is 2. The van der Waals surface area contributed by atoms with Crippen LogP contribution in [0.4, 0.5) is 8.78 Å². The number of furan rings is 1. The highest BCUT2D eigenvalue weighted by molar-refractivity contribution is 5.79. The first-order chi connectivity index (χ1) is 8.93. The predicted octanol–water partition coefficient (Wildman–Crippen LogP) is 2.47. The van der Waals surface area contributed by atoms with E-state index in [-0.39, 0.29) is 18.8 Å². The Kier molecular flexibility index (Phi) is 5.02. The van der Waals surface area contributed by atoms with Crippen LogP contribution in [0.25, 0.3) is 0 Å². The molecule has 0 fully saturated rings. The van der Waals surface area contributed by atoms with Crippen LogP contribution in [-0.4, -0.2) is 24.5 Å². The molecule has 0 saturated carbocycles. The third kappa shape index (κ3) is 3.52. The minimum Gasteiger partial charge on any atom is -0.465 e. The maximum atomic E-state index is 13.9. The van der Waals surface area contributed by atoms with Crippen LogP contribution in [0.5, 0.6) is 0 Å². The lowest BCUT2D eigenvalue weighted by molar-refractivity contribution is -0.201. The second-order valence-electron chi connectivity index (χ2n) is 3.58. The van der Waals surface area contributed by atoms with Gasteiger partial charge in [-0.25, -0.2) is 4.79 Å². The van der Waals surface area contributed by atoms with E-state index in [2.05, 4.69) is 9.47 Å². The van der Waals surface area contributed by atoms with E-state index in [1.807, 2.05) is 0 Å². The molecule has 1 aromatic heterocycles. The number of hydrogen-bond donors (Lipinski definition) is 0. The van der Waals surface area contributed by atoms with Gasteiger partial charge in [-0.3, -0.25) is 4.79 Å². The molecule has 0 aliphatic carbocycles. The molecular formula is C12H14F2O5. The van der Waals surface area contributed by atoms with E-state index in [4.69, 9.17) is 4.42 Å². The summed E-state index contributed by atoms with van der Waals surface area (Å²) in [4.78, 5) is 22.5. The lowest BCUT2D eigenvalue weighted by Crippen LogP contribution is -2.39. The molecule has 0 radical (unpaired) electrons. The van der Waals surface area contributed by atoms with E-state index in [1.165, 1.54) is 26.0 Å². The Bertz CT molecular complexity index is 427. The van der Waals surface area contributed by atoms with Crippen molar-refractivity contribution < 1.29 is 32.3 Å². The monoisotopic (exact) mass is 276 g/mol. The van der Waals surface area contributed by atoms with Crippen LogP contribution in [0.2, 0.25) is 0 Å². The van der Waals surface area contributed by atoms with Crippen LogP contribution in [0.3, 0.4) is 0 Å². The van der Waals surface area contributed by atoms with Gasteiger partial charge in [0.1, 0.15) is 0 Å². The van der Waals surface area contributed by atoms with Crippen LogP contribution >= 0.6 is 0 Å². The van der Waals surface area contributed by atoms with Gasteiger partial charge in [0.15, 0.2) is 5.76 Å². The molecule has 1 rings (SSSR count). The number of carbonyl (C=O) groups is 2. The SMILES string of the molecule is CCOC(=O)C(F)(F)C(OC(=O)CC)c1ccco1. The molecule has 0 aliphatic heterocycles. The first-order valence-electron chi connectivity index (χ1n) is 5.71. The fraction of sp³-hybridized carbons (Fsp3) is 0.500. The van der Waals surface area contributed by atoms with Gasteiger partial charge < -0.3 is 13.9 Å². The summed E-state index contributed by atoms with van der Waals surface area (Å²) in [6.45, 7) is 2.64. The lowest BCUT2D eigenvalue weighted by atomic mass is 10.1. The summed E-state index contributed by atoms with van der Waals surface area (Å²) in [7, 11) is 0. The van der Waals surface area contributed by atoms with Crippen LogP contribution in [0.15, 0.2) is 22.8 Å². The standard InChI is InChI=1S/C12H14F2O5/c1-3-9(15)19-10(8-6-5-7-18-8)12(13,14)11(16)17-4-2/h5-7,10H,3-4H2,1-2H3. The Hall–Kier alpha value is -1.92. The van der Waals surface area contributed by atoms with Gasteiger partial charge in [-0.1, -0.05) is 6.92 Å². The van der Waals surface area contributed by atoms with Crippen LogP contribution < -0.4 is 0 Å². The van der Waals surface area contributed by atoms with E-state index in [0.29, 0.717) is 0 Å². The molecule has 1 unspecified atom stereocenters. The molecule has 0 spiro atoms. The normalized spacial score (nSPS) is 12.8. The molecule has 0 bridgehead atoms. The van der Waals surface area contributed by atoms with Gasteiger partial charge in [-0.15, -0.1) is 0 Å². The molecule has 0 aliphatic rings. The Morgan fingerprint density at radius 3 is 2.58 bits per heavy atom. The van der Waals surface area contributed by atoms with Crippen molar-refractivity contribution in [1.82, 2.24) is 0 Å². The van der Waals surface area contributed by atoms with Crippen molar-refractivity contribution in [3.63, 3.8) is 0 Å². The Labute approximate surface area is 108 Å². The molecule has 19 heavy (non-hydrogen) atoms. The van der Waals surface area contributed by atoms with E-state index in [0.717, 1.165) is 6.26 Å². The number of esters is 2. The zero-order valence-electron chi connectivity index (χ0n) is 10.5. The first-order valence-corrected chi connectivity index (χ1v) is 5.71. The summed E-state index contributed by atoms with van der Waals surface area (Å²) in [6, 6.07) is 2.55. The number of hydrogen-bond acceptors (Lipinski definition) is 5. The average Bonchev–Trinajstić information content (AvgIpc) is 2.89. The molecule has 5 nitrogen and oxygen atoms in total. The highest BCUT2D eigenvalue weighted by Gasteiger charge is 2.53. The van der Waals surface area contributed by atoms with Crippen molar-refractivity contribution in [2.75, 3.05) is 6.61 Å². The molecule has 1 heterocycles. The third-order valence-corrected chi connectivity index (χ3v) is 2.22. The van der Waals surface area contributed by atoms with Gasteiger partial charge in [-0.05, 0) is 19.1 Å². The molecule has 1 aromatic rings. The maximum absolute atomic E-state index is 13.9. The van der Waals surface area contributed by atoms with Gasteiger partial charge in [0, 0.05) is 6.42 Å². The number of alkyl halides is 2. The van der Waals surface area contributed by atoms with Crippen molar-refractivity contribution in [3.05, 3.63) is 24.2 Å². The van der Waals surface area contributed by atoms with E-state index in [1.54, 1.807) is 0 Å². The van der Waals surface area contributed by atoms with Crippen molar-refractivity contribution in [2.45, 2.75) is 32.3 Å². The molecule has 0 N–H and O–H groups in total. The predicted molar refractivity (Wildman–Crippen MR) is 59.4 cm³/mol. The Morgan fingerprint density at radius 2 is 2.11 bits per heavy atom. The second-order valence-corrected chi connectivity index (χ2v) is 3.58. The highest BCUT2D eigenvalue weighted by Crippen LogP contribution is 2.36. The lowest BCUT2D eigenvalue weighted by Gasteiger charge is -2.23. The third-order valence-electron chi connectivity index (χ3n) is 2.22. The molecule has 106 valence electrons. The van der Waals surface area contributed by atoms with Crippen molar-refractivity contribution in [1.29, 1.82) is 0 Å². The summed E-state index contributed by atoms with van der Waals surface area (Å²) >= 11 is 0. The zero-order chi connectivity index (χ0) is 14.5.